The Balaban J connectivity index is 0.000000398. The number of nitrogens with one attached hydrogen (secondary N) is 3. The number of ketones is 2. The van der Waals surface area contributed by atoms with Gasteiger partial charge in [0.25, 0.3) is 0 Å². The maximum atomic E-state index is 14.1. The first-order chi connectivity index (χ1) is 25.9. The van der Waals surface area contributed by atoms with Crippen LogP contribution in [0.2, 0.25) is 0 Å². The molecule has 1 saturated heterocycles. The lowest BCUT2D eigenvalue weighted by Crippen LogP contribution is -2.63. The van der Waals surface area contributed by atoms with Crippen LogP contribution in [0, 0.1) is 28.6 Å². The highest BCUT2D eigenvalue weighted by Gasteiger charge is 2.75. The van der Waals surface area contributed by atoms with Gasteiger partial charge in [-0.25, -0.2) is 0 Å². The third-order valence-electron chi connectivity index (χ3n) is 13.1. The van der Waals surface area contributed by atoms with E-state index in [4.69, 9.17) is 18.9 Å². The topological polar surface area (TPSA) is 179 Å². The molecule has 5 fully saturated rings. The summed E-state index contributed by atoms with van der Waals surface area (Å²) in [6.07, 6.45) is 17.8. The van der Waals surface area contributed by atoms with Crippen LogP contribution in [0.3, 0.4) is 0 Å². The highest BCUT2D eigenvalue weighted by molar-refractivity contribution is 6.01. The minimum atomic E-state index is -1.27. The second-order valence-electron chi connectivity index (χ2n) is 16.4. The number of aliphatic hydroxyl groups excluding tert-OH is 1. The summed E-state index contributed by atoms with van der Waals surface area (Å²) in [6.45, 7) is 5.94. The van der Waals surface area contributed by atoms with Gasteiger partial charge in [-0.2, -0.15) is 0 Å². The number of likely N-dealkylation sites (N-methyl/N-ethyl adjacent to an activating group) is 1. The number of amides is 2. The molecule has 0 bridgehead atoms. The number of allylic oxidation sites excluding steroid dienone is 4. The van der Waals surface area contributed by atoms with Crippen LogP contribution in [-0.2, 0) is 42.9 Å². The third kappa shape index (κ3) is 8.92. The number of carbonyl (C=O) groups excluding carboxylic acids is 5. The summed E-state index contributed by atoms with van der Waals surface area (Å²) in [4.78, 5) is 60.0. The van der Waals surface area contributed by atoms with E-state index in [-0.39, 0.29) is 68.3 Å². The van der Waals surface area contributed by atoms with Crippen LogP contribution >= 0.6 is 0 Å². The lowest BCUT2D eigenvalue weighted by atomic mass is 9.46. The zero-order valence-corrected chi connectivity index (χ0v) is 32.7. The van der Waals surface area contributed by atoms with Gasteiger partial charge in [-0.15, -0.1) is 0 Å². The Morgan fingerprint density at radius 3 is 2.46 bits per heavy atom. The smallest absolute Gasteiger partial charge is 0.241 e. The van der Waals surface area contributed by atoms with Crippen molar-refractivity contribution in [3.8, 4) is 0 Å². The fourth-order valence-corrected chi connectivity index (χ4v) is 10.6. The average molecular weight is 758 g/mol. The number of hydrogen-bond acceptors (Lipinski definition) is 11. The van der Waals surface area contributed by atoms with Crippen molar-refractivity contribution in [2.24, 2.45) is 28.6 Å². The Kier molecular flexibility index (Phi) is 14.8. The van der Waals surface area contributed by atoms with E-state index in [0.29, 0.717) is 25.4 Å². The van der Waals surface area contributed by atoms with Crippen molar-refractivity contribution >= 4 is 29.7 Å². The number of carbonyl (C=O) groups is 5. The molecule has 6 rings (SSSR count). The molecule has 5 aliphatic carbocycles. The molecule has 6 aliphatic rings. The number of aliphatic hydroxyl groups is 1. The van der Waals surface area contributed by atoms with Crippen molar-refractivity contribution in [3.05, 3.63) is 23.8 Å². The second kappa shape index (κ2) is 18.9. The summed E-state index contributed by atoms with van der Waals surface area (Å²) in [5.74, 6) is -0.853. The molecule has 1 aliphatic heterocycles. The third-order valence-corrected chi connectivity index (χ3v) is 13.1. The summed E-state index contributed by atoms with van der Waals surface area (Å²) in [5.41, 5.74) is -1.29. The Labute approximate surface area is 320 Å². The van der Waals surface area contributed by atoms with E-state index in [9.17, 15) is 29.1 Å². The van der Waals surface area contributed by atoms with Crippen molar-refractivity contribution in [1.29, 1.82) is 0 Å². The van der Waals surface area contributed by atoms with Crippen molar-refractivity contribution in [2.75, 3.05) is 40.1 Å². The second-order valence-corrected chi connectivity index (χ2v) is 16.4. The van der Waals surface area contributed by atoms with E-state index in [1.54, 1.807) is 19.2 Å². The minimum absolute atomic E-state index is 0.00508. The summed E-state index contributed by atoms with van der Waals surface area (Å²) in [6, 6.07) is 0. The number of aldehydes is 1. The van der Waals surface area contributed by atoms with E-state index in [0.717, 1.165) is 44.0 Å². The number of rotatable bonds is 14. The number of fused-ring (bicyclic) bond motifs is 7. The van der Waals surface area contributed by atoms with E-state index < -0.39 is 40.8 Å². The van der Waals surface area contributed by atoms with Crippen LogP contribution in [-0.4, -0.2) is 105 Å². The molecule has 9 atom stereocenters. The first-order valence-electron chi connectivity index (χ1n) is 20.2. The van der Waals surface area contributed by atoms with Crippen LogP contribution in [0.1, 0.15) is 104 Å². The van der Waals surface area contributed by atoms with Gasteiger partial charge in [0.05, 0.1) is 31.4 Å². The Hall–Kier alpha value is -2.81. The first kappa shape index (κ1) is 42.3. The van der Waals surface area contributed by atoms with Gasteiger partial charge in [0, 0.05) is 16.7 Å². The first-order valence-corrected chi connectivity index (χ1v) is 20.2. The lowest BCUT2D eigenvalue weighted by molar-refractivity contribution is -0.201. The monoisotopic (exact) mass is 757 g/mol. The summed E-state index contributed by atoms with van der Waals surface area (Å²) >= 11 is 0. The van der Waals surface area contributed by atoms with Crippen LogP contribution in [0.5, 0.6) is 0 Å². The highest BCUT2D eigenvalue weighted by Crippen LogP contribution is 2.69. The molecular weight excluding hydrogens is 694 g/mol. The summed E-state index contributed by atoms with van der Waals surface area (Å²) in [7, 11) is 1.64. The molecule has 0 spiro atoms. The summed E-state index contributed by atoms with van der Waals surface area (Å²) in [5, 5.41) is 19.6. The minimum Gasteiger partial charge on any atom is -0.393 e. The molecule has 302 valence electrons. The molecule has 4 N–H and O–H groups in total. The van der Waals surface area contributed by atoms with Crippen LogP contribution < -0.4 is 16.0 Å². The molecule has 4 saturated carbocycles. The predicted octanol–water partition coefficient (Wildman–Crippen LogP) is 3.47. The molecule has 13 nitrogen and oxygen atoms in total. The van der Waals surface area contributed by atoms with E-state index >= 15 is 0 Å². The quantitative estimate of drug-likeness (QED) is 0.116. The standard InChI is InChI=1S/C31H45N3O8.C10H18O2/c1-5-6-27-41-24-12-21-20-8-7-18-11-19(35)9-10-29(18,2)28(20)22(36)13-30(21,3)31(24,42-27)23(37)16-40-17-34-26(39)15-33-25(38)14-32-4;11-8-9-12-10-6-4-2-1-3-5-7-10/h9-11,20-22,24,27-28,32,36H,5-8,12-17H2,1-4H3,(H,33,38)(H,34,39);8,10H,1-7,9H2. The molecule has 0 radical (unpaired) electrons. The zero-order valence-electron chi connectivity index (χ0n) is 32.7. The van der Waals surface area contributed by atoms with Crippen molar-refractivity contribution in [1.82, 2.24) is 16.0 Å². The average Bonchev–Trinajstić information content (AvgIpc) is 3.61. The SMILES string of the molecule is CCCC1OC2CC3C4CCC5=CC(=O)C=CC5(C)C4C(O)CC3(C)C2(C(=O)COCNC(=O)CNC(=O)CNC)O1.O=CCOC1CCCCCCC1. The Morgan fingerprint density at radius 1 is 1.04 bits per heavy atom. The highest BCUT2D eigenvalue weighted by atomic mass is 16.7. The van der Waals surface area contributed by atoms with Gasteiger partial charge < -0.3 is 44.8 Å². The van der Waals surface area contributed by atoms with Gasteiger partial charge in [0.1, 0.15) is 26.2 Å². The molecule has 1 heterocycles. The van der Waals surface area contributed by atoms with Gasteiger partial charge in [0.15, 0.2) is 23.5 Å². The van der Waals surface area contributed by atoms with Crippen molar-refractivity contribution in [2.45, 2.75) is 134 Å². The molecule has 2 amide bonds. The van der Waals surface area contributed by atoms with E-state index in [2.05, 4.69) is 29.8 Å². The van der Waals surface area contributed by atoms with E-state index in [1.165, 1.54) is 32.1 Å². The lowest BCUT2D eigenvalue weighted by Gasteiger charge is -2.59. The summed E-state index contributed by atoms with van der Waals surface area (Å²) < 4.78 is 24.1. The van der Waals surface area contributed by atoms with Gasteiger partial charge in [0.2, 0.25) is 11.8 Å². The largest absolute Gasteiger partial charge is 0.393 e. The Bertz CT molecular complexity index is 1410. The maximum absolute atomic E-state index is 14.1. The van der Waals surface area contributed by atoms with Gasteiger partial charge in [-0.3, -0.25) is 19.2 Å². The predicted molar refractivity (Wildman–Crippen MR) is 200 cm³/mol. The number of ether oxygens (including phenoxy) is 4. The van der Waals surface area contributed by atoms with Gasteiger partial charge in [-0.05, 0) is 76.0 Å². The molecule has 0 aromatic carbocycles. The molecule has 0 aromatic heterocycles. The van der Waals surface area contributed by atoms with Crippen molar-refractivity contribution < 1.29 is 48.0 Å². The van der Waals surface area contributed by atoms with Crippen molar-refractivity contribution in [3.63, 3.8) is 0 Å². The van der Waals surface area contributed by atoms with Gasteiger partial charge >= 0.3 is 0 Å². The Morgan fingerprint density at radius 2 is 1.76 bits per heavy atom. The fourth-order valence-electron chi connectivity index (χ4n) is 10.6. The molecule has 54 heavy (non-hydrogen) atoms. The molecule has 9 unspecified atom stereocenters. The maximum Gasteiger partial charge on any atom is 0.241 e. The normalized spacial score (nSPS) is 35.8. The molecular formula is C41H63N3O10. The van der Waals surface area contributed by atoms with Crippen LogP contribution in [0.15, 0.2) is 23.8 Å². The number of Topliss-reactive ketones (excluding diaryl/α,β-unsaturated/α-hetero) is 1. The molecule has 0 aromatic rings. The molecule has 13 heteroatoms. The van der Waals surface area contributed by atoms with Crippen LogP contribution in [0.4, 0.5) is 0 Å². The van der Waals surface area contributed by atoms with E-state index in [1.807, 2.05) is 13.0 Å². The number of hydrogen-bond donors (Lipinski definition) is 4. The fraction of sp³-hybridized carbons (Fsp3) is 0.780. The van der Waals surface area contributed by atoms with Crippen LogP contribution in [0.25, 0.3) is 0 Å². The zero-order chi connectivity index (χ0) is 38.9. The van der Waals surface area contributed by atoms with Gasteiger partial charge in [-0.1, -0.05) is 70.9 Å².